The monoisotopic (exact) mass is 323 g/mol. The first-order valence-corrected chi connectivity index (χ1v) is 9.13. The number of nitrogens with zero attached hydrogens (tertiary/aromatic N) is 1. The maximum Gasteiger partial charge on any atom is 0.326 e. The molecular formula is C15H17NO3S2. The molecule has 0 unspecified atom stereocenters. The molecule has 3 rings (SSSR count). The van der Waals surface area contributed by atoms with E-state index in [2.05, 4.69) is 0 Å². The summed E-state index contributed by atoms with van der Waals surface area (Å²) in [5.74, 6) is 1.27. The Labute approximate surface area is 132 Å². The van der Waals surface area contributed by atoms with E-state index in [1.807, 2.05) is 47.8 Å². The smallest absolute Gasteiger partial charge is 0.326 e. The van der Waals surface area contributed by atoms with Gasteiger partial charge in [-0.25, -0.2) is 4.79 Å². The predicted octanol–water partition coefficient (Wildman–Crippen LogP) is 2.85. The third-order valence-corrected chi connectivity index (χ3v) is 6.95. The van der Waals surface area contributed by atoms with Crippen LogP contribution >= 0.6 is 23.5 Å². The highest BCUT2D eigenvalue weighted by Crippen LogP contribution is 2.45. The van der Waals surface area contributed by atoms with Crippen molar-refractivity contribution >= 4 is 35.4 Å². The van der Waals surface area contributed by atoms with Crippen molar-refractivity contribution in [3.8, 4) is 0 Å². The number of carbonyl (C=O) groups excluding carboxylic acids is 1. The van der Waals surface area contributed by atoms with E-state index in [4.69, 9.17) is 5.11 Å². The number of rotatable bonds is 3. The van der Waals surface area contributed by atoms with Crippen LogP contribution in [-0.4, -0.2) is 46.0 Å². The van der Waals surface area contributed by atoms with Crippen LogP contribution in [0.3, 0.4) is 0 Å². The van der Waals surface area contributed by atoms with Gasteiger partial charge in [-0.2, -0.15) is 0 Å². The third kappa shape index (κ3) is 3.06. The molecule has 0 radical (unpaired) electrons. The molecule has 1 N–H and O–H groups in total. The summed E-state index contributed by atoms with van der Waals surface area (Å²) in [5.41, 5.74) is 1.81. The molecule has 0 saturated carbocycles. The Morgan fingerprint density at radius 2 is 1.81 bits per heavy atom. The Morgan fingerprint density at radius 3 is 2.43 bits per heavy atom. The number of hydrogen-bond donors (Lipinski definition) is 1. The summed E-state index contributed by atoms with van der Waals surface area (Å²) < 4.78 is 0.465. The minimum absolute atomic E-state index is 0.168. The van der Waals surface area contributed by atoms with E-state index in [0.717, 1.165) is 6.42 Å². The number of benzene rings is 1. The topological polar surface area (TPSA) is 57.6 Å². The van der Waals surface area contributed by atoms with E-state index in [9.17, 15) is 9.59 Å². The zero-order valence-electron chi connectivity index (χ0n) is 11.5. The Kier molecular flexibility index (Phi) is 4.45. The van der Waals surface area contributed by atoms with E-state index < -0.39 is 12.0 Å². The fourth-order valence-corrected chi connectivity index (χ4v) is 5.63. The Bertz CT molecular complexity index is 540. The van der Waals surface area contributed by atoms with Crippen molar-refractivity contribution in [1.82, 2.24) is 4.90 Å². The summed E-state index contributed by atoms with van der Waals surface area (Å²) in [7, 11) is 0. The number of aliphatic carboxylic acids is 1. The second-order valence-corrected chi connectivity index (χ2v) is 7.91. The second-order valence-electron chi connectivity index (χ2n) is 5.19. The molecule has 21 heavy (non-hydrogen) atoms. The molecule has 1 aromatic rings. The van der Waals surface area contributed by atoms with Gasteiger partial charge >= 0.3 is 5.97 Å². The number of hydrogen-bond acceptors (Lipinski definition) is 4. The van der Waals surface area contributed by atoms with Crippen LogP contribution < -0.4 is 0 Å². The van der Waals surface area contributed by atoms with Crippen LogP contribution in [0.1, 0.15) is 33.3 Å². The van der Waals surface area contributed by atoms with Gasteiger partial charge in [0.05, 0.1) is 4.58 Å². The maximum atomic E-state index is 12.4. The van der Waals surface area contributed by atoms with Gasteiger partial charge in [0.25, 0.3) is 5.91 Å². The molecule has 1 atom stereocenters. The van der Waals surface area contributed by atoms with Crippen LogP contribution in [-0.2, 0) is 4.79 Å². The molecule has 6 heteroatoms. The summed E-state index contributed by atoms with van der Waals surface area (Å²) in [6.45, 7) is 0.534. The van der Waals surface area contributed by atoms with Crippen LogP contribution in [0.25, 0.3) is 0 Å². The summed E-state index contributed by atoms with van der Waals surface area (Å²) in [6, 6.07) is 6.98. The summed E-state index contributed by atoms with van der Waals surface area (Å²) in [6.07, 6.45) is 1.31. The first-order chi connectivity index (χ1) is 10.2. The Hall–Kier alpha value is -1.14. The number of carboxylic acids is 1. The fraction of sp³-hybridized carbons (Fsp3) is 0.467. The lowest BCUT2D eigenvalue weighted by Gasteiger charge is -2.21. The SMILES string of the molecule is O=C(O)[C@H]1CCCN1C(=O)c1ccc(C2SCCS2)cc1. The number of likely N-dealkylation sites (tertiary alicyclic amines) is 1. The lowest BCUT2D eigenvalue weighted by Crippen LogP contribution is -2.40. The zero-order chi connectivity index (χ0) is 14.8. The van der Waals surface area contributed by atoms with Crippen molar-refractivity contribution in [3.63, 3.8) is 0 Å². The predicted molar refractivity (Wildman–Crippen MR) is 85.8 cm³/mol. The van der Waals surface area contributed by atoms with Gasteiger partial charge in [0.2, 0.25) is 0 Å². The molecule has 0 bridgehead atoms. The second kappa shape index (κ2) is 6.32. The Balaban J connectivity index is 1.74. The first-order valence-electron chi connectivity index (χ1n) is 7.04. The zero-order valence-corrected chi connectivity index (χ0v) is 13.2. The van der Waals surface area contributed by atoms with Gasteiger partial charge in [0, 0.05) is 23.6 Å². The van der Waals surface area contributed by atoms with Crippen LogP contribution in [0.2, 0.25) is 0 Å². The highest BCUT2D eigenvalue weighted by Gasteiger charge is 2.34. The molecule has 0 aliphatic carbocycles. The lowest BCUT2D eigenvalue weighted by atomic mass is 10.1. The first kappa shape index (κ1) is 14.8. The van der Waals surface area contributed by atoms with Crippen molar-refractivity contribution < 1.29 is 14.7 Å². The minimum atomic E-state index is -0.906. The van der Waals surface area contributed by atoms with Crippen molar-refractivity contribution in [1.29, 1.82) is 0 Å². The molecular weight excluding hydrogens is 306 g/mol. The number of amides is 1. The van der Waals surface area contributed by atoms with Crippen LogP contribution in [0.5, 0.6) is 0 Å². The standard InChI is InChI=1S/C15H17NO3S2/c17-13(16-7-1-2-12(16)14(18)19)10-3-5-11(6-4-10)15-20-8-9-21-15/h3-6,12,15H,1-2,7-9H2,(H,18,19)/t12-/m1/s1. The molecule has 1 amide bonds. The van der Waals surface area contributed by atoms with Gasteiger partial charge in [-0.05, 0) is 30.5 Å². The van der Waals surface area contributed by atoms with Gasteiger partial charge in [0.1, 0.15) is 6.04 Å². The molecule has 2 aliphatic heterocycles. The van der Waals surface area contributed by atoms with Crippen molar-refractivity contribution in [3.05, 3.63) is 35.4 Å². The van der Waals surface area contributed by atoms with E-state index in [-0.39, 0.29) is 5.91 Å². The number of thioether (sulfide) groups is 2. The molecule has 1 aromatic carbocycles. The normalized spacial score (nSPS) is 22.7. The number of carboxylic acid groups (broad SMARTS) is 1. The molecule has 0 spiro atoms. The quantitative estimate of drug-likeness (QED) is 0.927. The third-order valence-electron chi connectivity index (χ3n) is 3.85. The van der Waals surface area contributed by atoms with Gasteiger partial charge in [-0.1, -0.05) is 12.1 Å². The van der Waals surface area contributed by atoms with Crippen LogP contribution in [0.15, 0.2) is 24.3 Å². The van der Waals surface area contributed by atoms with Gasteiger partial charge in [-0.15, -0.1) is 23.5 Å². The van der Waals surface area contributed by atoms with Crippen LogP contribution in [0, 0.1) is 0 Å². The van der Waals surface area contributed by atoms with E-state index in [1.165, 1.54) is 22.0 Å². The average Bonchev–Trinajstić information content (AvgIpc) is 3.18. The van der Waals surface area contributed by atoms with Crippen molar-refractivity contribution in [2.75, 3.05) is 18.1 Å². The van der Waals surface area contributed by atoms with E-state index in [1.54, 1.807) is 0 Å². The van der Waals surface area contributed by atoms with Gasteiger partial charge in [-0.3, -0.25) is 4.79 Å². The largest absolute Gasteiger partial charge is 0.480 e. The van der Waals surface area contributed by atoms with Crippen molar-refractivity contribution in [2.24, 2.45) is 0 Å². The molecule has 2 aliphatic rings. The molecule has 2 saturated heterocycles. The molecule has 0 aromatic heterocycles. The van der Waals surface area contributed by atoms with E-state index >= 15 is 0 Å². The highest BCUT2D eigenvalue weighted by molar-refractivity contribution is 8.19. The average molecular weight is 323 g/mol. The maximum absolute atomic E-state index is 12.4. The Morgan fingerprint density at radius 1 is 1.14 bits per heavy atom. The van der Waals surface area contributed by atoms with Crippen LogP contribution in [0.4, 0.5) is 0 Å². The van der Waals surface area contributed by atoms with Gasteiger partial charge < -0.3 is 10.0 Å². The highest BCUT2D eigenvalue weighted by atomic mass is 32.2. The summed E-state index contributed by atoms with van der Waals surface area (Å²) >= 11 is 3.86. The summed E-state index contributed by atoms with van der Waals surface area (Å²) in [5, 5.41) is 9.17. The molecule has 4 nitrogen and oxygen atoms in total. The van der Waals surface area contributed by atoms with Gasteiger partial charge in [0.15, 0.2) is 0 Å². The summed E-state index contributed by atoms with van der Waals surface area (Å²) in [4.78, 5) is 25.1. The lowest BCUT2D eigenvalue weighted by molar-refractivity contribution is -0.141. The van der Waals surface area contributed by atoms with Crippen molar-refractivity contribution in [2.45, 2.75) is 23.5 Å². The molecule has 2 fully saturated rings. The van der Waals surface area contributed by atoms with E-state index in [0.29, 0.717) is 23.1 Å². The minimum Gasteiger partial charge on any atom is -0.480 e. The number of carbonyl (C=O) groups is 2. The molecule has 2 heterocycles. The fourth-order valence-electron chi connectivity index (χ4n) is 2.77. The molecule has 112 valence electrons.